The maximum atomic E-state index is 12.7. The number of hydrogen-bond donors (Lipinski definition) is 6. The second-order valence-electron chi connectivity index (χ2n) is 24.1. The van der Waals surface area contributed by atoms with Gasteiger partial charge in [-0.1, -0.05) is 53.0 Å². The van der Waals surface area contributed by atoms with Gasteiger partial charge in [-0.25, -0.2) is 0 Å². The van der Waals surface area contributed by atoms with Gasteiger partial charge in [0.2, 0.25) is 11.8 Å². The molecular weight excluding hydrogens is 1140 g/mol. The number of β-amino-alcohol motifs (C(OH)–C–C–N with tert-alkyl or cyclic N) is 2. The lowest BCUT2D eigenvalue weighted by Gasteiger charge is -2.43. The Labute approximate surface area is 513 Å². The maximum absolute atomic E-state index is 12.7. The number of H-pyrrole nitrogens is 2. The average Bonchev–Trinajstić information content (AvgIpc) is 3.45. The van der Waals surface area contributed by atoms with Crippen LogP contribution in [0, 0.1) is 0 Å². The molecule has 2 unspecified atom stereocenters. The largest absolute Gasteiger partial charge is 0.389 e. The van der Waals surface area contributed by atoms with Crippen molar-refractivity contribution >= 4 is 91.9 Å². The van der Waals surface area contributed by atoms with E-state index in [4.69, 9.17) is 44.3 Å². The Morgan fingerprint density at radius 3 is 1.36 bits per heavy atom. The monoisotopic (exact) mass is 1220 g/mol. The summed E-state index contributed by atoms with van der Waals surface area (Å²) in [5, 5.41) is 49.0. The molecule has 454 valence electrons. The Morgan fingerprint density at radius 2 is 0.941 bits per heavy atom. The van der Waals surface area contributed by atoms with Gasteiger partial charge in [0.1, 0.15) is 0 Å². The summed E-state index contributed by atoms with van der Waals surface area (Å²) < 4.78 is 11.1. The maximum Gasteiger partial charge on any atom is 0.246 e. The van der Waals surface area contributed by atoms with Gasteiger partial charge in [-0.15, -0.1) is 0 Å². The number of aliphatic hydroxyl groups excluding tert-OH is 2. The fraction of sp³-hybridized carbons (Fsp3) is 0.485. The van der Waals surface area contributed by atoms with Gasteiger partial charge in [-0.05, 0) is 184 Å². The second-order valence-corrected chi connectivity index (χ2v) is 25.3. The predicted molar refractivity (Wildman–Crippen MR) is 339 cm³/mol. The van der Waals surface area contributed by atoms with Gasteiger partial charge in [-0.2, -0.15) is 0 Å². The summed E-state index contributed by atoms with van der Waals surface area (Å²) in [5.41, 5.74) is 6.91. The van der Waals surface area contributed by atoms with Crippen LogP contribution in [0.1, 0.15) is 85.5 Å². The van der Waals surface area contributed by atoms with Crippen molar-refractivity contribution in [3.05, 3.63) is 141 Å². The number of carbonyl (C=O) groups excluding carboxylic acids is 2. The first-order valence-electron chi connectivity index (χ1n) is 30.4. The zero-order valence-corrected chi connectivity index (χ0v) is 50.7. The number of ether oxygens (including phenoxy) is 2. The van der Waals surface area contributed by atoms with Gasteiger partial charge in [0.25, 0.3) is 0 Å². The highest BCUT2D eigenvalue weighted by Gasteiger charge is 2.42. The Balaban J connectivity index is 0.000000177. The van der Waals surface area contributed by atoms with E-state index in [1.807, 2.05) is 12.1 Å². The van der Waals surface area contributed by atoms with E-state index < -0.39 is 23.4 Å². The van der Waals surface area contributed by atoms with Gasteiger partial charge in [-0.3, -0.25) is 9.59 Å². The van der Waals surface area contributed by atoms with E-state index in [-0.39, 0.29) is 11.8 Å². The van der Waals surface area contributed by atoms with Crippen LogP contribution in [0.25, 0.3) is 34.0 Å². The molecule has 0 bridgehead atoms. The van der Waals surface area contributed by atoms with Gasteiger partial charge in [0, 0.05) is 128 Å². The number of morpholine rings is 2. The first-order chi connectivity index (χ1) is 41.2. The molecule has 6 aliphatic heterocycles. The minimum atomic E-state index is -1.20. The third-order valence-corrected chi connectivity index (χ3v) is 19.8. The number of anilines is 2. The van der Waals surface area contributed by atoms with Crippen molar-refractivity contribution < 1.29 is 39.5 Å². The molecule has 6 saturated heterocycles. The number of carbonyl (C=O) groups is 2. The molecule has 2 aromatic heterocycles. The molecule has 0 radical (unpaired) electrons. The first-order valence-corrected chi connectivity index (χ1v) is 31.6. The normalized spacial score (nSPS) is 21.2. The van der Waals surface area contributed by atoms with E-state index in [0.717, 1.165) is 116 Å². The van der Waals surface area contributed by atoms with E-state index in [9.17, 15) is 30.0 Å². The Bertz CT molecular complexity index is 3270. The number of benzene rings is 4. The van der Waals surface area contributed by atoms with Gasteiger partial charge in [0.15, 0.2) is 0 Å². The lowest BCUT2D eigenvalue weighted by atomic mass is 9.84. The molecule has 6 N–H and O–H groups in total. The Kier molecular flexibility index (Phi) is 19.9. The number of amides is 2. The van der Waals surface area contributed by atoms with Crippen molar-refractivity contribution in [2.45, 2.75) is 86.6 Å². The summed E-state index contributed by atoms with van der Waals surface area (Å²) in [4.78, 5) is 45.2. The minimum Gasteiger partial charge on any atom is -0.389 e. The van der Waals surface area contributed by atoms with Crippen LogP contribution in [0.5, 0.6) is 0 Å². The average molecular weight is 1220 g/mol. The number of halogens is 3. The summed E-state index contributed by atoms with van der Waals surface area (Å²) in [5.74, 6) is 0.707. The molecule has 8 heterocycles. The number of nitrogens with zero attached hydrogens (tertiary/aromatic N) is 6. The van der Waals surface area contributed by atoms with Crippen LogP contribution in [-0.2, 0) is 19.1 Å². The molecule has 6 aromatic rings. The number of hydrogen-bond acceptors (Lipinski definition) is 12. The van der Waals surface area contributed by atoms with Crippen LogP contribution in [0.4, 0.5) is 11.4 Å². The molecule has 12 rings (SSSR count). The highest BCUT2D eigenvalue weighted by atomic mass is 35.5. The fourth-order valence-electron chi connectivity index (χ4n) is 13.3. The SMILES string of the molecule is O=C(/C=C/c1ccc(Cl)c(Cl)c1)N1CCC(O)(C(O)CN2CCC(c3c[nH]c4ccc(N5CCOCC5)cc34)CC2)CC1.O=C(/C=C/c1ccc(Cl)cc1)N1CCC(O)(C(O)CN2CCC(c3c[nH]c4ccc(N5CCOCC5)cc34)CC2)CC1. The molecule has 0 aliphatic carbocycles. The highest BCUT2D eigenvalue weighted by molar-refractivity contribution is 6.42. The second kappa shape index (κ2) is 27.7. The number of likely N-dealkylation sites (tertiary alicyclic amines) is 4. The summed E-state index contributed by atoms with van der Waals surface area (Å²) in [6.45, 7) is 12.8. The van der Waals surface area contributed by atoms with Crippen molar-refractivity contribution in [3.63, 3.8) is 0 Å². The zero-order chi connectivity index (χ0) is 59.1. The van der Waals surface area contributed by atoms with Crippen LogP contribution in [0.15, 0.2) is 103 Å². The molecule has 2 atom stereocenters. The van der Waals surface area contributed by atoms with Crippen LogP contribution in [0.2, 0.25) is 15.1 Å². The molecule has 0 spiro atoms. The quantitative estimate of drug-likeness (QED) is 0.0570. The number of piperidine rings is 4. The smallest absolute Gasteiger partial charge is 0.246 e. The van der Waals surface area contributed by atoms with Gasteiger partial charge < -0.3 is 69.3 Å². The standard InChI is InChI=1S/C33H40Cl2N4O4.C33H41ClN4O4/c34-28-4-1-23(19-29(28)35)2-6-32(41)39-13-9-33(42,10-14-39)31(40)22-37-11-7-24(8-12-37)27-21-36-30-5-3-25(20-26(27)30)38-15-17-43-18-16-38;34-26-4-1-24(2-5-26)3-8-32(40)38-15-11-33(41,12-16-38)31(39)23-36-13-9-25(10-14-36)29-22-35-30-7-6-27(21-28(29)30)37-17-19-42-20-18-37/h1-6,19-21,24,31,36,40,42H,7-18,22H2;1-8,21-22,25,31,35,39,41H,9-20,23H2/b6-2+;8-3+. The molecule has 4 aromatic carbocycles. The predicted octanol–water partition coefficient (Wildman–Crippen LogP) is 9.18. The zero-order valence-electron chi connectivity index (χ0n) is 48.4. The van der Waals surface area contributed by atoms with Crippen molar-refractivity contribution in [2.75, 3.05) is 128 Å². The van der Waals surface area contributed by atoms with Gasteiger partial charge in [0.05, 0.1) is 59.9 Å². The summed E-state index contributed by atoms with van der Waals surface area (Å²) in [7, 11) is 0. The number of fused-ring (bicyclic) bond motifs is 2. The number of aromatic nitrogens is 2. The summed E-state index contributed by atoms with van der Waals surface area (Å²) >= 11 is 18.0. The topological polar surface area (TPSA) is 185 Å². The lowest BCUT2D eigenvalue weighted by molar-refractivity contribution is -0.140. The molecule has 2 amide bonds. The van der Waals surface area contributed by atoms with E-state index >= 15 is 0 Å². The number of nitrogens with one attached hydrogen (secondary N) is 2. The third-order valence-electron chi connectivity index (χ3n) is 18.8. The van der Waals surface area contributed by atoms with E-state index in [1.165, 1.54) is 50.4 Å². The molecular formula is C66H81Cl3N8O8. The van der Waals surface area contributed by atoms with E-state index in [0.29, 0.717) is 91.9 Å². The van der Waals surface area contributed by atoms with Crippen molar-refractivity contribution in [2.24, 2.45) is 0 Å². The summed E-state index contributed by atoms with van der Waals surface area (Å²) in [6.07, 6.45) is 14.7. The number of aliphatic hydroxyl groups is 4. The van der Waals surface area contributed by atoms with Crippen molar-refractivity contribution in [3.8, 4) is 0 Å². The van der Waals surface area contributed by atoms with Crippen LogP contribution in [0.3, 0.4) is 0 Å². The number of rotatable bonds is 14. The molecule has 16 nitrogen and oxygen atoms in total. The Hall–Kier alpha value is -5.47. The van der Waals surface area contributed by atoms with Crippen LogP contribution < -0.4 is 9.80 Å². The molecule has 85 heavy (non-hydrogen) atoms. The van der Waals surface area contributed by atoms with Crippen molar-refractivity contribution in [1.29, 1.82) is 0 Å². The number of aromatic amines is 2. The van der Waals surface area contributed by atoms with Crippen LogP contribution >= 0.6 is 34.8 Å². The van der Waals surface area contributed by atoms with Crippen LogP contribution in [-0.4, -0.2) is 203 Å². The van der Waals surface area contributed by atoms with E-state index in [2.05, 4.69) is 78.4 Å². The Morgan fingerprint density at radius 1 is 0.529 bits per heavy atom. The first kappa shape index (κ1) is 61.2. The molecule has 6 fully saturated rings. The lowest BCUT2D eigenvalue weighted by Crippen LogP contribution is -2.56. The highest BCUT2D eigenvalue weighted by Crippen LogP contribution is 2.38. The molecule has 0 saturated carbocycles. The minimum absolute atomic E-state index is 0.0853. The third kappa shape index (κ3) is 14.9. The fourth-order valence-corrected chi connectivity index (χ4v) is 13.7. The summed E-state index contributed by atoms with van der Waals surface area (Å²) in [6, 6.07) is 25.9. The van der Waals surface area contributed by atoms with E-state index in [1.54, 1.807) is 58.4 Å². The molecule has 19 heteroatoms. The molecule has 6 aliphatic rings. The van der Waals surface area contributed by atoms with Crippen molar-refractivity contribution in [1.82, 2.24) is 29.6 Å². The van der Waals surface area contributed by atoms with Gasteiger partial charge >= 0.3 is 0 Å².